The topological polar surface area (TPSA) is 78.9 Å². The number of aldehydes is 1. The van der Waals surface area contributed by atoms with Crippen molar-refractivity contribution in [3.63, 3.8) is 0 Å². The van der Waals surface area contributed by atoms with Crippen molar-refractivity contribution in [2.75, 3.05) is 7.11 Å². The molecule has 1 aromatic carbocycles. The lowest BCUT2D eigenvalue weighted by molar-refractivity contribution is -0.132. The Morgan fingerprint density at radius 1 is 1.40 bits per heavy atom. The van der Waals surface area contributed by atoms with Gasteiger partial charge >= 0.3 is 11.9 Å². The maximum absolute atomic E-state index is 11.8. The Bertz CT molecular complexity index is 602. The molecule has 1 aliphatic rings. The fraction of sp³-hybridized carbons (Fsp3) is 0.357. The molecule has 0 N–H and O–H groups in total. The van der Waals surface area contributed by atoms with Crippen LogP contribution in [0.2, 0.25) is 0 Å². The van der Waals surface area contributed by atoms with Crippen molar-refractivity contribution >= 4 is 18.2 Å². The number of cyclic esters (lactones) is 1. The van der Waals surface area contributed by atoms with Gasteiger partial charge in [0.1, 0.15) is 24.2 Å². The monoisotopic (exact) mass is 278 g/mol. The molecule has 6 nitrogen and oxygen atoms in total. The third-order valence-electron chi connectivity index (χ3n) is 3.16. The standard InChI is InChI=1S/C14H14O6/c1-7-10-6-19-14(17)11(10)13(20-8(2)16)9(4-5-15)12(7)18-3/h5H,4,6H2,1-3H3. The van der Waals surface area contributed by atoms with E-state index in [-0.39, 0.29) is 24.3 Å². The fourth-order valence-electron chi connectivity index (χ4n) is 2.35. The Morgan fingerprint density at radius 3 is 2.65 bits per heavy atom. The molecular formula is C14H14O6. The van der Waals surface area contributed by atoms with E-state index in [0.717, 1.165) is 0 Å². The van der Waals surface area contributed by atoms with Crippen LogP contribution in [0.25, 0.3) is 0 Å². The van der Waals surface area contributed by atoms with Gasteiger partial charge < -0.3 is 19.0 Å². The van der Waals surface area contributed by atoms with Gasteiger partial charge in [-0.05, 0) is 12.5 Å². The first-order chi connectivity index (χ1) is 9.51. The number of fused-ring (bicyclic) bond motifs is 1. The van der Waals surface area contributed by atoms with Gasteiger partial charge in [0.25, 0.3) is 0 Å². The van der Waals surface area contributed by atoms with E-state index < -0.39 is 11.9 Å². The van der Waals surface area contributed by atoms with Gasteiger partial charge in [0.05, 0.1) is 7.11 Å². The van der Waals surface area contributed by atoms with Crippen LogP contribution in [-0.4, -0.2) is 25.3 Å². The summed E-state index contributed by atoms with van der Waals surface area (Å²) in [6.07, 6.45) is 0.643. The lowest BCUT2D eigenvalue weighted by Crippen LogP contribution is -2.12. The second-order valence-corrected chi connectivity index (χ2v) is 4.36. The summed E-state index contributed by atoms with van der Waals surface area (Å²) >= 11 is 0. The van der Waals surface area contributed by atoms with Crippen molar-refractivity contribution in [1.82, 2.24) is 0 Å². The molecule has 1 aromatic rings. The van der Waals surface area contributed by atoms with Gasteiger partial charge in [-0.3, -0.25) is 4.79 Å². The third-order valence-corrected chi connectivity index (χ3v) is 3.16. The quantitative estimate of drug-likeness (QED) is 0.470. The van der Waals surface area contributed by atoms with Crippen molar-refractivity contribution in [3.05, 3.63) is 22.3 Å². The maximum atomic E-state index is 11.8. The Hall–Kier alpha value is -2.37. The van der Waals surface area contributed by atoms with Crippen molar-refractivity contribution in [2.45, 2.75) is 26.9 Å². The first kappa shape index (κ1) is 14.0. The predicted octanol–water partition coefficient (Wildman–Crippen LogP) is 1.34. The molecule has 0 spiro atoms. The molecule has 0 amide bonds. The minimum Gasteiger partial charge on any atom is -0.496 e. The zero-order valence-corrected chi connectivity index (χ0v) is 11.4. The number of hydrogen-bond acceptors (Lipinski definition) is 6. The number of esters is 2. The summed E-state index contributed by atoms with van der Waals surface area (Å²) in [7, 11) is 1.46. The zero-order chi connectivity index (χ0) is 14.9. The van der Waals surface area contributed by atoms with Gasteiger partial charge in [-0.15, -0.1) is 0 Å². The number of methoxy groups -OCH3 is 1. The Kier molecular flexibility index (Phi) is 3.74. The van der Waals surface area contributed by atoms with Gasteiger partial charge in [0.2, 0.25) is 0 Å². The summed E-state index contributed by atoms with van der Waals surface area (Å²) in [6.45, 7) is 3.10. The Balaban J connectivity index is 2.78. The molecular weight excluding hydrogens is 264 g/mol. The van der Waals surface area contributed by atoms with Crippen molar-refractivity contribution in [3.8, 4) is 11.5 Å². The summed E-state index contributed by atoms with van der Waals surface area (Å²) in [6, 6.07) is 0. The fourth-order valence-corrected chi connectivity index (χ4v) is 2.35. The van der Waals surface area contributed by atoms with Crippen LogP contribution in [0.1, 0.15) is 34.0 Å². The average Bonchev–Trinajstić information content (AvgIpc) is 2.77. The summed E-state index contributed by atoms with van der Waals surface area (Å²) in [5.74, 6) is -0.644. The number of rotatable bonds is 4. The van der Waals surface area contributed by atoms with Crippen molar-refractivity contribution in [1.29, 1.82) is 0 Å². The van der Waals surface area contributed by atoms with E-state index in [0.29, 0.717) is 28.7 Å². The molecule has 0 unspecified atom stereocenters. The molecule has 0 aliphatic carbocycles. The van der Waals surface area contributed by atoms with Crippen LogP contribution in [0.3, 0.4) is 0 Å². The predicted molar refractivity (Wildman–Crippen MR) is 67.9 cm³/mol. The molecule has 0 aromatic heterocycles. The molecule has 2 rings (SSSR count). The van der Waals surface area contributed by atoms with Gasteiger partial charge in [0.15, 0.2) is 5.75 Å². The van der Waals surface area contributed by atoms with Crippen molar-refractivity contribution < 1.29 is 28.6 Å². The second kappa shape index (κ2) is 5.32. The molecule has 20 heavy (non-hydrogen) atoms. The number of benzene rings is 1. The van der Waals surface area contributed by atoms with Gasteiger partial charge in [0, 0.05) is 24.5 Å². The van der Waals surface area contributed by atoms with Gasteiger partial charge in [-0.25, -0.2) is 4.79 Å². The van der Waals surface area contributed by atoms with Crippen LogP contribution in [-0.2, 0) is 27.4 Å². The molecule has 6 heteroatoms. The zero-order valence-electron chi connectivity index (χ0n) is 11.4. The molecule has 0 fully saturated rings. The smallest absolute Gasteiger partial charge is 0.342 e. The first-order valence-corrected chi connectivity index (χ1v) is 6.02. The Morgan fingerprint density at radius 2 is 2.10 bits per heavy atom. The molecule has 0 saturated heterocycles. The third kappa shape index (κ3) is 2.13. The van der Waals surface area contributed by atoms with Crippen LogP contribution in [0.4, 0.5) is 0 Å². The number of ether oxygens (including phenoxy) is 3. The highest BCUT2D eigenvalue weighted by atomic mass is 16.6. The molecule has 1 heterocycles. The summed E-state index contributed by atoms with van der Waals surface area (Å²) in [4.78, 5) is 34.0. The largest absolute Gasteiger partial charge is 0.496 e. The summed E-state index contributed by atoms with van der Waals surface area (Å²) in [5.41, 5.74) is 1.92. The Labute approximate surface area is 115 Å². The van der Waals surface area contributed by atoms with E-state index in [2.05, 4.69) is 0 Å². The van der Waals surface area contributed by atoms with Crippen LogP contribution >= 0.6 is 0 Å². The highest BCUT2D eigenvalue weighted by Crippen LogP contribution is 2.42. The normalized spacial score (nSPS) is 12.7. The molecule has 0 saturated carbocycles. The van der Waals surface area contributed by atoms with E-state index in [1.165, 1.54) is 14.0 Å². The molecule has 0 atom stereocenters. The molecule has 106 valence electrons. The van der Waals surface area contributed by atoms with E-state index in [4.69, 9.17) is 14.2 Å². The van der Waals surface area contributed by atoms with E-state index in [1.54, 1.807) is 6.92 Å². The highest BCUT2D eigenvalue weighted by molar-refractivity contribution is 5.99. The number of hydrogen-bond donors (Lipinski definition) is 0. The van der Waals surface area contributed by atoms with Crippen LogP contribution < -0.4 is 9.47 Å². The summed E-state index contributed by atoms with van der Waals surface area (Å²) < 4.78 is 15.4. The summed E-state index contributed by atoms with van der Waals surface area (Å²) in [5, 5.41) is 0. The highest BCUT2D eigenvalue weighted by Gasteiger charge is 2.33. The number of carbonyl (C=O) groups is 3. The average molecular weight is 278 g/mol. The first-order valence-electron chi connectivity index (χ1n) is 6.02. The second-order valence-electron chi connectivity index (χ2n) is 4.36. The maximum Gasteiger partial charge on any atom is 0.342 e. The SMILES string of the molecule is COc1c(C)c2c(c(OC(C)=O)c1CC=O)C(=O)OC2. The van der Waals surface area contributed by atoms with E-state index in [9.17, 15) is 14.4 Å². The molecule has 1 aliphatic heterocycles. The van der Waals surface area contributed by atoms with Gasteiger partial charge in [-0.1, -0.05) is 0 Å². The van der Waals surface area contributed by atoms with Crippen LogP contribution in [0, 0.1) is 6.92 Å². The van der Waals surface area contributed by atoms with Crippen LogP contribution in [0.15, 0.2) is 0 Å². The van der Waals surface area contributed by atoms with E-state index >= 15 is 0 Å². The molecule has 0 bridgehead atoms. The van der Waals surface area contributed by atoms with Gasteiger partial charge in [-0.2, -0.15) is 0 Å². The lowest BCUT2D eigenvalue weighted by Gasteiger charge is -2.17. The van der Waals surface area contributed by atoms with Crippen molar-refractivity contribution in [2.24, 2.45) is 0 Å². The lowest BCUT2D eigenvalue weighted by atomic mass is 9.95. The number of carbonyl (C=O) groups excluding carboxylic acids is 3. The minimum absolute atomic E-state index is 0.0206. The van der Waals surface area contributed by atoms with E-state index in [1.807, 2.05) is 0 Å². The van der Waals surface area contributed by atoms with Crippen LogP contribution in [0.5, 0.6) is 11.5 Å². The molecule has 0 radical (unpaired) electrons. The minimum atomic E-state index is -0.579.